The third kappa shape index (κ3) is 6.50. The van der Waals surface area contributed by atoms with E-state index in [-0.39, 0.29) is 25.1 Å². The van der Waals surface area contributed by atoms with E-state index < -0.39 is 6.10 Å². The van der Waals surface area contributed by atoms with E-state index in [4.69, 9.17) is 27.9 Å². The first-order valence-electron chi connectivity index (χ1n) is 7.51. The molecule has 0 aromatic heterocycles. The molecule has 3 nitrogen and oxygen atoms in total. The van der Waals surface area contributed by atoms with Gasteiger partial charge >= 0.3 is 0 Å². The molecule has 2 atom stereocenters. The lowest BCUT2D eigenvalue weighted by molar-refractivity contribution is 0.104. The number of aryl methyl sites for hydroxylation is 1. The molecule has 2 aromatic carbocycles. The summed E-state index contributed by atoms with van der Waals surface area (Å²) >= 11 is 11.9. The van der Waals surface area contributed by atoms with Gasteiger partial charge in [-0.25, -0.2) is 0 Å². The van der Waals surface area contributed by atoms with Crippen LogP contribution >= 0.6 is 35.6 Å². The van der Waals surface area contributed by atoms with Crippen molar-refractivity contribution in [1.82, 2.24) is 5.32 Å². The van der Waals surface area contributed by atoms with Crippen molar-refractivity contribution in [1.29, 1.82) is 0 Å². The van der Waals surface area contributed by atoms with Crippen LogP contribution in [0.3, 0.4) is 0 Å². The third-order valence-electron chi connectivity index (χ3n) is 3.58. The molecule has 2 unspecified atom stereocenters. The van der Waals surface area contributed by atoms with Crippen molar-refractivity contribution >= 4 is 35.6 Å². The van der Waals surface area contributed by atoms with E-state index >= 15 is 0 Å². The van der Waals surface area contributed by atoms with E-state index in [0.29, 0.717) is 16.6 Å². The highest BCUT2D eigenvalue weighted by Gasteiger charge is 2.10. The van der Waals surface area contributed by atoms with Gasteiger partial charge in [-0.15, -0.1) is 12.4 Å². The summed E-state index contributed by atoms with van der Waals surface area (Å²) in [5.74, 6) is 0.733. The van der Waals surface area contributed by atoms with Crippen molar-refractivity contribution in [3.63, 3.8) is 0 Å². The zero-order valence-electron chi connectivity index (χ0n) is 13.6. The molecule has 0 spiro atoms. The van der Waals surface area contributed by atoms with Crippen molar-refractivity contribution in [2.24, 2.45) is 0 Å². The van der Waals surface area contributed by atoms with Crippen LogP contribution in [0.1, 0.15) is 24.1 Å². The van der Waals surface area contributed by atoms with Crippen LogP contribution in [0, 0.1) is 6.92 Å². The fourth-order valence-electron chi connectivity index (χ4n) is 2.23. The Hall–Kier alpha value is -0.970. The summed E-state index contributed by atoms with van der Waals surface area (Å²) in [6.07, 6.45) is -0.605. The molecule has 2 rings (SSSR count). The van der Waals surface area contributed by atoms with E-state index in [9.17, 15) is 5.11 Å². The Morgan fingerprint density at radius 3 is 2.50 bits per heavy atom. The first-order chi connectivity index (χ1) is 11.0. The maximum absolute atomic E-state index is 10.1. The van der Waals surface area contributed by atoms with Crippen LogP contribution in [0.15, 0.2) is 42.5 Å². The van der Waals surface area contributed by atoms with Gasteiger partial charge in [0.05, 0.1) is 0 Å². The van der Waals surface area contributed by atoms with E-state index in [0.717, 1.165) is 16.9 Å². The molecular weight excluding hydrogens is 369 g/mol. The highest BCUT2D eigenvalue weighted by Crippen LogP contribution is 2.22. The monoisotopic (exact) mass is 389 g/mol. The fraction of sp³-hybridized carbons (Fsp3) is 0.333. The lowest BCUT2D eigenvalue weighted by Crippen LogP contribution is -2.33. The van der Waals surface area contributed by atoms with Crippen molar-refractivity contribution in [3.05, 3.63) is 63.6 Å². The Bertz CT molecular complexity index is 652. The second kappa shape index (κ2) is 10.1. The Morgan fingerprint density at radius 1 is 1.12 bits per heavy atom. The highest BCUT2D eigenvalue weighted by molar-refractivity contribution is 6.30. The molecule has 0 amide bonds. The van der Waals surface area contributed by atoms with E-state index in [1.54, 1.807) is 6.07 Å². The highest BCUT2D eigenvalue weighted by atomic mass is 35.5. The summed E-state index contributed by atoms with van der Waals surface area (Å²) in [5.41, 5.74) is 2.03. The molecule has 0 bridgehead atoms. The number of nitrogens with one attached hydrogen (secondary N) is 1. The van der Waals surface area contributed by atoms with Gasteiger partial charge in [-0.05, 0) is 55.3 Å². The predicted molar refractivity (Wildman–Crippen MR) is 103 cm³/mol. The summed E-state index contributed by atoms with van der Waals surface area (Å²) in [4.78, 5) is 0. The molecule has 2 N–H and O–H groups in total. The van der Waals surface area contributed by atoms with Crippen LogP contribution in [0.25, 0.3) is 0 Å². The van der Waals surface area contributed by atoms with Gasteiger partial charge in [0.1, 0.15) is 18.5 Å². The van der Waals surface area contributed by atoms with E-state index in [2.05, 4.69) is 5.32 Å². The van der Waals surface area contributed by atoms with Gasteiger partial charge in [-0.3, -0.25) is 0 Å². The predicted octanol–water partition coefficient (Wildman–Crippen LogP) is 4.81. The topological polar surface area (TPSA) is 41.5 Å². The van der Waals surface area contributed by atoms with E-state index in [1.165, 1.54) is 0 Å². The summed E-state index contributed by atoms with van der Waals surface area (Å²) in [5, 5.41) is 14.7. The zero-order chi connectivity index (χ0) is 16.8. The van der Waals surface area contributed by atoms with Crippen LogP contribution in [0.2, 0.25) is 10.0 Å². The molecule has 6 heteroatoms. The standard InChI is InChI=1S/C18H21Cl2NO2.ClH/c1-12-8-16(20)6-7-18(12)23-11-17(22)10-21-13(2)14-4-3-5-15(19)9-14;/h3-9,13,17,21-22H,10-11H2,1-2H3;1H. The van der Waals surface area contributed by atoms with Crippen LogP contribution < -0.4 is 10.1 Å². The largest absolute Gasteiger partial charge is 0.491 e. The number of benzene rings is 2. The second-order valence-corrected chi connectivity index (χ2v) is 6.43. The molecule has 0 aliphatic carbocycles. The number of rotatable bonds is 7. The Labute approximate surface area is 159 Å². The van der Waals surface area contributed by atoms with Gasteiger partial charge in [0.15, 0.2) is 0 Å². The Kier molecular flexibility index (Phi) is 8.88. The van der Waals surface area contributed by atoms with E-state index in [1.807, 2.05) is 50.2 Å². The summed E-state index contributed by atoms with van der Waals surface area (Å²) in [7, 11) is 0. The maximum atomic E-state index is 10.1. The molecule has 0 radical (unpaired) electrons. The van der Waals surface area contributed by atoms with Gasteiger partial charge in [0.25, 0.3) is 0 Å². The smallest absolute Gasteiger partial charge is 0.122 e. The average molecular weight is 391 g/mol. The molecule has 0 saturated carbocycles. The molecule has 2 aromatic rings. The minimum Gasteiger partial charge on any atom is -0.491 e. The van der Waals surface area contributed by atoms with Crippen LogP contribution in [-0.4, -0.2) is 24.4 Å². The minimum absolute atomic E-state index is 0. The second-order valence-electron chi connectivity index (χ2n) is 5.56. The fourth-order valence-corrected chi connectivity index (χ4v) is 2.65. The van der Waals surface area contributed by atoms with Crippen molar-refractivity contribution < 1.29 is 9.84 Å². The van der Waals surface area contributed by atoms with Crippen molar-refractivity contribution in [3.8, 4) is 5.75 Å². The lowest BCUT2D eigenvalue weighted by Gasteiger charge is -2.18. The van der Waals surface area contributed by atoms with Crippen LogP contribution in [-0.2, 0) is 0 Å². The first kappa shape index (κ1) is 21.1. The van der Waals surface area contributed by atoms with Gasteiger partial charge in [-0.2, -0.15) is 0 Å². The van der Waals surface area contributed by atoms with Crippen molar-refractivity contribution in [2.75, 3.05) is 13.2 Å². The van der Waals surface area contributed by atoms with Crippen LogP contribution in [0.4, 0.5) is 0 Å². The summed E-state index contributed by atoms with van der Waals surface area (Å²) in [6.45, 7) is 4.60. The number of aliphatic hydroxyl groups excluding tert-OH is 1. The normalized spacial score (nSPS) is 13.0. The summed E-state index contributed by atoms with van der Waals surface area (Å²) < 4.78 is 5.64. The zero-order valence-corrected chi connectivity index (χ0v) is 16.0. The molecule has 0 heterocycles. The molecule has 0 aliphatic rings. The number of ether oxygens (including phenoxy) is 1. The van der Waals surface area contributed by atoms with Gasteiger partial charge in [0, 0.05) is 22.6 Å². The van der Waals surface area contributed by atoms with Crippen LogP contribution in [0.5, 0.6) is 5.75 Å². The number of hydrogen-bond acceptors (Lipinski definition) is 3. The van der Waals surface area contributed by atoms with Gasteiger partial charge in [-0.1, -0.05) is 35.3 Å². The van der Waals surface area contributed by atoms with Gasteiger partial charge in [0.2, 0.25) is 0 Å². The SMILES string of the molecule is Cc1cc(Cl)ccc1OCC(O)CNC(C)c1cccc(Cl)c1.Cl. The maximum Gasteiger partial charge on any atom is 0.122 e. The lowest BCUT2D eigenvalue weighted by atomic mass is 10.1. The average Bonchev–Trinajstić information content (AvgIpc) is 2.51. The Morgan fingerprint density at radius 2 is 1.83 bits per heavy atom. The third-order valence-corrected chi connectivity index (χ3v) is 4.05. The molecular formula is C18H22Cl3NO2. The molecule has 0 aliphatic heterocycles. The van der Waals surface area contributed by atoms with Crippen molar-refractivity contribution in [2.45, 2.75) is 26.0 Å². The number of halogens is 3. The molecule has 132 valence electrons. The number of hydrogen-bond donors (Lipinski definition) is 2. The molecule has 24 heavy (non-hydrogen) atoms. The summed E-state index contributed by atoms with van der Waals surface area (Å²) in [6, 6.07) is 13.2. The van der Waals surface area contributed by atoms with Gasteiger partial charge < -0.3 is 15.2 Å². The quantitative estimate of drug-likeness (QED) is 0.712. The molecule has 0 fully saturated rings. The first-order valence-corrected chi connectivity index (χ1v) is 8.27. The Balaban J connectivity index is 0.00000288. The minimum atomic E-state index is -0.605. The number of aliphatic hydroxyl groups is 1. The molecule has 0 saturated heterocycles.